The Morgan fingerprint density at radius 2 is 1.65 bits per heavy atom. The summed E-state index contributed by atoms with van der Waals surface area (Å²) in [6.45, 7) is 3.58. The highest BCUT2D eigenvalue weighted by atomic mass is 16.5. The van der Waals surface area contributed by atoms with Gasteiger partial charge in [-0.25, -0.2) is 0 Å². The van der Waals surface area contributed by atoms with E-state index in [1.165, 1.54) is 11.1 Å². The van der Waals surface area contributed by atoms with Crippen molar-refractivity contribution in [3.05, 3.63) is 71.8 Å². The van der Waals surface area contributed by atoms with Crippen molar-refractivity contribution >= 4 is 11.9 Å². The zero-order valence-corrected chi connectivity index (χ0v) is 18.5. The number of likely N-dealkylation sites (tertiary alicyclic amines) is 1. The first kappa shape index (κ1) is 21.6. The molecule has 2 fully saturated rings. The summed E-state index contributed by atoms with van der Waals surface area (Å²) in [7, 11) is 0. The Labute approximate surface area is 185 Å². The summed E-state index contributed by atoms with van der Waals surface area (Å²) >= 11 is 0. The van der Waals surface area contributed by atoms with E-state index in [0.29, 0.717) is 38.5 Å². The number of piperidine rings is 1. The molecule has 0 bridgehead atoms. The van der Waals surface area contributed by atoms with Gasteiger partial charge in [-0.1, -0.05) is 60.7 Å². The molecule has 0 radical (unpaired) electrons. The highest BCUT2D eigenvalue weighted by Gasteiger charge is 2.48. The maximum Gasteiger partial charge on any atom is 0.312 e. The number of carbonyl (C=O) groups excluding carboxylic acids is 2. The number of esters is 1. The zero-order chi connectivity index (χ0) is 21.7. The lowest BCUT2D eigenvalue weighted by atomic mass is 9.74. The smallest absolute Gasteiger partial charge is 0.312 e. The van der Waals surface area contributed by atoms with E-state index in [1.54, 1.807) is 0 Å². The minimum Gasteiger partial charge on any atom is -0.466 e. The van der Waals surface area contributed by atoms with Gasteiger partial charge in [0, 0.05) is 19.0 Å². The van der Waals surface area contributed by atoms with Crippen LogP contribution in [0.2, 0.25) is 0 Å². The predicted octanol–water partition coefficient (Wildman–Crippen LogP) is 4.98. The van der Waals surface area contributed by atoms with Gasteiger partial charge in [0.1, 0.15) is 0 Å². The average Bonchev–Trinajstić information content (AvgIpc) is 3.62. The van der Waals surface area contributed by atoms with Gasteiger partial charge in [-0.2, -0.15) is 0 Å². The molecule has 2 aliphatic rings. The van der Waals surface area contributed by atoms with Crippen LogP contribution in [0.1, 0.15) is 56.1 Å². The van der Waals surface area contributed by atoms with Gasteiger partial charge in [-0.05, 0) is 62.5 Å². The molecule has 31 heavy (non-hydrogen) atoms. The van der Waals surface area contributed by atoms with Crippen LogP contribution in [0.3, 0.4) is 0 Å². The van der Waals surface area contributed by atoms with E-state index in [1.807, 2.05) is 36.1 Å². The summed E-state index contributed by atoms with van der Waals surface area (Å²) in [5, 5.41) is 0. The summed E-state index contributed by atoms with van der Waals surface area (Å²) in [5.41, 5.74) is 2.11. The highest BCUT2D eigenvalue weighted by molar-refractivity contribution is 5.84. The molecule has 4 rings (SSSR count). The summed E-state index contributed by atoms with van der Waals surface area (Å²) < 4.78 is 5.48. The molecule has 0 spiro atoms. The minimum absolute atomic E-state index is 0.0799. The quantitative estimate of drug-likeness (QED) is 0.567. The Hall–Kier alpha value is -2.62. The predicted molar refractivity (Wildman–Crippen MR) is 122 cm³/mol. The standard InChI is InChI=1S/C27H33NO3/c1-2-31-26(30)27(15-9-12-21-10-5-3-6-11-21)16-18-28(19-17-27)25(29)24-20-23(24)22-13-7-4-8-14-22/h3-8,10-11,13-14,23-24H,2,9,12,15-20H2,1H3/t23-,24+/m0/s1. The molecule has 2 aromatic carbocycles. The van der Waals surface area contributed by atoms with Crippen molar-refractivity contribution in [2.75, 3.05) is 19.7 Å². The van der Waals surface area contributed by atoms with E-state index in [0.717, 1.165) is 25.7 Å². The molecule has 4 heteroatoms. The van der Waals surface area contributed by atoms with E-state index >= 15 is 0 Å². The van der Waals surface area contributed by atoms with E-state index in [9.17, 15) is 9.59 Å². The van der Waals surface area contributed by atoms with Crippen molar-refractivity contribution in [3.63, 3.8) is 0 Å². The maximum absolute atomic E-state index is 13.1. The molecule has 164 valence electrons. The Morgan fingerprint density at radius 1 is 1.00 bits per heavy atom. The summed E-state index contributed by atoms with van der Waals surface area (Å²) in [6, 6.07) is 20.7. The number of benzene rings is 2. The number of nitrogens with zero attached hydrogens (tertiary/aromatic N) is 1. The molecule has 2 aromatic rings. The first-order chi connectivity index (χ1) is 15.1. The molecule has 1 saturated carbocycles. The van der Waals surface area contributed by atoms with Crippen molar-refractivity contribution < 1.29 is 14.3 Å². The molecule has 1 saturated heterocycles. The number of hydrogen-bond donors (Lipinski definition) is 0. The molecule has 1 aliphatic heterocycles. The van der Waals surface area contributed by atoms with Gasteiger partial charge in [0.05, 0.1) is 12.0 Å². The van der Waals surface area contributed by atoms with Crippen molar-refractivity contribution in [2.45, 2.75) is 51.4 Å². The van der Waals surface area contributed by atoms with Crippen LogP contribution in [0.4, 0.5) is 0 Å². The van der Waals surface area contributed by atoms with Gasteiger partial charge >= 0.3 is 5.97 Å². The highest BCUT2D eigenvalue weighted by Crippen LogP contribution is 2.49. The second-order valence-electron chi connectivity index (χ2n) is 9.02. The van der Waals surface area contributed by atoms with E-state index in [4.69, 9.17) is 4.74 Å². The van der Waals surface area contributed by atoms with Crippen LogP contribution in [-0.4, -0.2) is 36.5 Å². The lowest BCUT2D eigenvalue weighted by Crippen LogP contribution is -2.47. The van der Waals surface area contributed by atoms with Gasteiger partial charge in [-0.15, -0.1) is 0 Å². The second-order valence-corrected chi connectivity index (χ2v) is 9.02. The third kappa shape index (κ3) is 5.00. The number of aryl methyl sites for hydroxylation is 1. The van der Waals surface area contributed by atoms with Crippen LogP contribution >= 0.6 is 0 Å². The van der Waals surface area contributed by atoms with E-state index < -0.39 is 5.41 Å². The number of ether oxygens (including phenoxy) is 1. The van der Waals surface area contributed by atoms with Crippen LogP contribution in [0.5, 0.6) is 0 Å². The third-order valence-corrected chi connectivity index (χ3v) is 7.04. The zero-order valence-electron chi connectivity index (χ0n) is 18.5. The lowest BCUT2D eigenvalue weighted by Gasteiger charge is -2.40. The number of hydrogen-bond acceptors (Lipinski definition) is 3. The maximum atomic E-state index is 13.1. The molecule has 1 heterocycles. The molecule has 0 N–H and O–H groups in total. The van der Waals surface area contributed by atoms with Gasteiger partial charge in [0.15, 0.2) is 0 Å². The van der Waals surface area contributed by atoms with Crippen LogP contribution in [0.15, 0.2) is 60.7 Å². The Kier molecular flexibility index (Phi) is 6.74. The van der Waals surface area contributed by atoms with Crippen LogP contribution in [0.25, 0.3) is 0 Å². The number of rotatable bonds is 8. The largest absolute Gasteiger partial charge is 0.466 e. The van der Waals surface area contributed by atoms with Crippen LogP contribution in [-0.2, 0) is 20.7 Å². The Morgan fingerprint density at radius 3 is 2.29 bits per heavy atom. The van der Waals surface area contributed by atoms with Gasteiger partial charge in [-0.3, -0.25) is 9.59 Å². The van der Waals surface area contributed by atoms with Gasteiger partial charge in [0.25, 0.3) is 0 Å². The second kappa shape index (κ2) is 9.67. The third-order valence-electron chi connectivity index (χ3n) is 7.04. The Balaban J connectivity index is 1.34. The molecular formula is C27H33NO3. The fourth-order valence-corrected chi connectivity index (χ4v) is 5.04. The monoisotopic (exact) mass is 419 g/mol. The molecule has 0 unspecified atom stereocenters. The number of carbonyl (C=O) groups is 2. The van der Waals surface area contributed by atoms with Crippen LogP contribution in [0, 0.1) is 11.3 Å². The van der Waals surface area contributed by atoms with E-state index in [-0.39, 0.29) is 17.8 Å². The molecule has 4 nitrogen and oxygen atoms in total. The van der Waals surface area contributed by atoms with Crippen LogP contribution < -0.4 is 0 Å². The summed E-state index contributed by atoms with van der Waals surface area (Å²) in [4.78, 5) is 27.9. The lowest BCUT2D eigenvalue weighted by molar-refractivity contribution is -0.161. The molecule has 1 amide bonds. The fourth-order valence-electron chi connectivity index (χ4n) is 5.04. The number of amides is 1. The first-order valence-electron chi connectivity index (χ1n) is 11.7. The fraction of sp³-hybridized carbons (Fsp3) is 0.481. The van der Waals surface area contributed by atoms with Gasteiger partial charge < -0.3 is 9.64 Å². The normalized spacial score (nSPS) is 22.0. The summed E-state index contributed by atoms with van der Waals surface area (Å²) in [6.07, 6.45) is 5.09. The minimum atomic E-state index is -0.454. The molecule has 1 aliphatic carbocycles. The van der Waals surface area contributed by atoms with Crippen molar-refractivity contribution in [1.29, 1.82) is 0 Å². The topological polar surface area (TPSA) is 46.6 Å². The van der Waals surface area contributed by atoms with E-state index in [2.05, 4.69) is 36.4 Å². The van der Waals surface area contributed by atoms with Crippen molar-refractivity contribution in [3.8, 4) is 0 Å². The van der Waals surface area contributed by atoms with Gasteiger partial charge in [0.2, 0.25) is 5.91 Å². The molecular weight excluding hydrogens is 386 g/mol. The average molecular weight is 420 g/mol. The molecule has 2 atom stereocenters. The SMILES string of the molecule is CCOC(=O)C1(CCCc2ccccc2)CCN(C(=O)[C@@H]2C[C@H]2c2ccccc2)CC1. The molecule has 0 aromatic heterocycles. The summed E-state index contributed by atoms with van der Waals surface area (Å²) in [5.74, 6) is 0.645. The van der Waals surface area contributed by atoms with Crippen molar-refractivity contribution in [2.24, 2.45) is 11.3 Å². The Bertz CT molecular complexity index is 872. The first-order valence-corrected chi connectivity index (χ1v) is 11.7. The van der Waals surface area contributed by atoms with Crippen molar-refractivity contribution in [1.82, 2.24) is 4.90 Å².